The summed E-state index contributed by atoms with van der Waals surface area (Å²) in [6.07, 6.45) is 0.557. The van der Waals surface area contributed by atoms with Gasteiger partial charge in [-0.3, -0.25) is 4.79 Å². The summed E-state index contributed by atoms with van der Waals surface area (Å²) in [6, 6.07) is 0.439. The highest BCUT2D eigenvalue weighted by Crippen LogP contribution is 1.95. The SMILES string of the molecule is C=C(C)CN(C)C(=O)CCNC(C)C. The summed E-state index contributed by atoms with van der Waals surface area (Å²) in [6.45, 7) is 11.2. The monoisotopic (exact) mass is 198 g/mol. The van der Waals surface area contributed by atoms with Gasteiger partial charge in [-0.25, -0.2) is 0 Å². The van der Waals surface area contributed by atoms with Crippen LogP contribution in [0.15, 0.2) is 12.2 Å². The number of amides is 1. The van der Waals surface area contributed by atoms with Crippen molar-refractivity contribution < 1.29 is 4.79 Å². The van der Waals surface area contributed by atoms with E-state index in [9.17, 15) is 4.79 Å². The summed E-state index contributed by atoms with van der Waals surface area (Å²) in [7, 11) is 1.81. The van der Waals surface area contributed by atoms with Crippen molar-refractivity contribution in [2.45, 2.75) is 33.2 Å². The normalized spacial score (nSPS) is 10.4. The molecule has 0 aromatic rings. The van der Waals surface area contributed by atoms with Gasteiger partial charge in [-0.15, -0.1) is 0 Å². The molecule has 0 aliphatic carbocycles. The fourth-order valence-electron chi connectivity index (χ4n) is 1.15. The lowest BCUT2D eigenvalue weighted by Crippen LogP contribution is -2.32. The number of nitrogens with zero attached hydrogens (tertiary/aromatic N) is 1. The summed E-state index contributed by atoms with van der Waals surface area (Å²) < 4.78 is 0. The quantitative estimate of drug-likeness (QED) is 0.654. The van der Waals surface area contributed by atoms with Crippen LogP contribution in [0, 0.1) is 0 Å². The number of likely N-dealkylation sites (N-methyl/N-ethyl adjacent to an activating group) is 1. The molecule has 0 aliphatic heterocycles. The molecule has 0 aliphatic rings. The van der Waals surface area contributed by atoms with Crippen LogP contribution in [0.3, 0.4) is 0 Å². The van der Waals surface area contributed by atoms with Gasteiger partial charge in [0.25, 0.3) is 0 Å². The van der Waals surface area contributed by atoms with E-state index < -0.39 is 0 Å². The first-order chi connectivity index (χ1) is 6.43. The lowest BCUT2D eigenvalue weighted by atomic mass is 10.3. The van der Waals surface area contributed by atoms with Crippen LogP contribution in [0.1, 0.15) is 27.2 Å². The Morgan fingerprint density at radius 1 is 1.50 bits per heavy atom. The van der Waals surface area contributed by atoms with Crippen molar-refractivity contribution in [2.75, 3.05) is 20.1 Å². The first-order valence-corrected chi connectivity index (χ1v) is 5.05. The van der Waals surface area contributed by atoms with E-state index in [0.717, 1.165) is 12.1 Å². The average Bonchev–Trinajstić information content (AvgIpc) is 2.01. The first-order valence-electron chi connectivity index (χ1n) is 5.05. The average molecular weight is 198 g/mol. The van der Waals surface area contributed by atoms with Crippen LogP contribution >= 0.6 is 0 Å². The van der Waals surface area contributed by atoms with Gasteiger partial charge in [0, 0.05) is 32.6 Å². The fraction of sp³-hybridized carbons (Fsp3) is 0.727. The highest BCUT2D eigenvalue weighted by atomic mass is 16.2. The van der Waals surface area contributed by atoms with E-state index in [1.807, 2.05) is 14.0 Å². The van der Waals surface area contributed by atoms with Crippen molar-refractivity contribution in [2.24, 2.45) is 0 Å². The Morgan fingerprint density at radius 3 is 2.50 bits per heavy atom. The third kappa shape index (κ3) is 6.66. The Kier molecular flexibility index (Phi) is 6.21. The summed E-state index contributed by atoms with van der Waals surface area (Å²) in [5.74, 6) is 0.168. The van der Waals surface area contributed by atoms with E-state index in [4.69, 9.17) is 0 Å². The molecule has 0 aromatic heterocycles. The zero-order valence-corrected chi connectivity index (χ0v) is 9.76. The van der Waals surface area contributed by atoms with E-state index in [1.54, 1.807) is 4.90 Å². The number of hydrogen-bond acceptors (Lipinski definition) is 2. The molecule has 3 nitrogen and oxygen atoms in total. The lowest BCUT2D eigenvalue weighted by molar-refractivity contribution is -0.129. The van der Waals surface area contributed by atoms with E-state index in [-0.39, 0.29) is 5.91 Å². The van der Waals surface area contributed by atoms with Crippen LogP contribution in [-0.4, -0.2) is 37.0 Å². The zero-order valence-electron chi connectivity index (χ0n) is 9.76. The molecule has 0 rings (SSSR count). The van der Waals surface area contributed by atoms with Crippen LogP contribution in [0.4, 0.5) is 0 Å². The van der Waals surface area contributed by atoms with Crippen molar-refractivity contribution in [1.29, 1.82) is 0 Å². The molecule has 1 amide bonds. The van der Waals surface area contributed by atoms with Gasteiger partial charge in [-0.1, -0.05) is 26.0 Å². The third-order valence-electron chi connectivity index (χ3n) is 1.82. The number of nitrogens with one attached hydrogen (secondary N) is 1. The number of carbonyl (C=O) groups is 1. The Hall–Kier alpha value is -0.830. The predicted molar refractivity (Wildman–Crippen MR) is 60.2 cm³/mol. The van der Waals surface area contributed by atoms with E-state index in [0.29, 0.717) is 19.0 Å². The molecule has 0 fully saturated rings. The molecule has 0 saturated carbocycles. The van der Waals surface area contributed by atoms with Crippen LogP contribution in [0.5, 0.6) is 0 Å². The van der Waals surface area contributed by atoms with Gasteiger partial charge < -0.3 is 10.2 Å². The van der Waals surface area contributed by atoms with Gasteiger partial charge in [-0.05, 0) is 6.92 Å². The molecule has 3 heteroatoms. The first kappa shape index (κ1) is 13.2. The minimum atomic E-state index is 0.168. The van der Waals surface area contributed by atoms with Crippen LogP contribution in [-0.2, 0) is 4.79 Å². The number of carbonyl (C=O) groups excluding carboxylic acids is 1. The van der Waals surface area contributed by atoms with Crippen molar-refractivity contribution in [3.05, 3.63) is 12.2 Å². The molecular formula is C11H22N2O. The molecule has 0 spiro atoms. The van der Waals surface area contributed by atoms with Gasteiger partial charge >= 0.3 is 0 Å². The van der Waals surface area contributed by atoms with E-state index >= 15 is 0 Å². The highest BCUT2D eigenvalue weighted by Gasteiger charge is 2.07. The zero-order chi connectivity index (χ0) is 11.1. The lowest BCUT2D eigenvalue weighted by Gasteiger charge is -2.17. The van der Waals surface area contributed by atoms with E-state index in [1.165, 1.54) is 0 Å². The van der Waals surface area contributed by atoms with Gasteiger partial charge in [0.2, 0.25) is 5.91 Å². The van der Waals surface area contributed by atoms with E-state index in [2.05, 4.69) is 25.7 Å². The second-order valence-electron chi connectivity index (χ2n) is 4.07. The molecule has 0 saturated heterocycles. The topological polar surface area (TPSA) is 32.3 Å². The molecule has 14 heavy (non-hydrogen) atoms. The van der Waals surface area contributed by atoms with Crippen molar-refractivity contribution in [3.63, 3.8) is 0 Å². The summed E-state index contributed by atoms with van der Waals surface area (Å²) in [5.41, 5.74) is 1.01. The number of rotatable bonds is 6. The van der Waals surface area contributed by atoms with Crippen molar-refractivity contribution in [3.8, 4) is 0 Å². The minimum Gasteiger partial charge on any atom is -0.342 e. The maximum Gasteiger partial charge on any atom is 0.223 e. The largest absolute Gasteiger partial charge is 0.342 e. The van der Waals surface area contributed by atoms with Crippen LogP contribution in [0.25, 0.3) is 0 Å². The fourth-order valence-corrected chi connectivity index (χ4v) is 1.15. The molecule has 0 radical (unpaired) electrons. The second-order valence-corrected chi connectivity index (χ2v) is 4.07. The molecule has 0 bridgehead atoms. The second kappa shape index (κ2) is 6.60. The highest BCUT2D eigenvalue weighted by molar-refractivity contribution is 5.76. The minimum absolute atomic E-state index is 0.168. The van der Waals surface area contributed by atoms with Gasteiger partial charge in [0.05, 0.1) is 0 Å². The molecule has 0 atom stereocenters. The smallest absolute Gasteiger partial charge is 0.223 e. The van der Waals surface area contributed by atoms with Crippen molar-refractivity contribution >= 4 is 5.91 Å². The number of hydrogen-bond donors (Lipinski definition) is 1. The Labute approximate surface area is 87.2 Å². The molecule has 1 N–H and O–H groups in total. The Bertz CT molecular complexity index is 199. The molecule has 0 aromatic carbocycles. The van der Waals surface area contributed by atoms with Gasteiger partial charge in [0.1, 0.15) is 0 Å². The molecular weight excluding hydrogens is 176 g/mol. The molecule has 0 heterocycles. The molecule has 0 unspecified atom stereocenters. The maximum atomic E-state index is 11.5. The van der Waals surface area contributed by atoms with Crippen LogP contribution < -0.4 is 5.32 Å². The van der Waals surface area contributed by atoms with Crippen molar-refractivity contribution in [1.82, 2.24) is 10.2 Å². The van der Waals surface area contributed by atoms with Crippen LogP contribution in [0.2, 0.25) is 0 Å². The Morgan fingerprint density at radius 2 is 2.07 bits per heavy atom. The predicted octanol–water partition coefficient (Wildman–Crippen LogP) is 1.41. The summed E-state index contributed by atoms with van der Waals surface area (Å²) >= 11 is 0. The molecule has 82 valence electrons. The maximum absolute atomic E-state index is 11.5. The summed E-state index contributed by atoms with van der Waals surface area (Å²) in [4.78, 5) is 13.2. The van der Waals surface area contributed by atoms with Gasteiger partial charge in [0.15, 0.2) is 0 Å². The third-order valence-corrected chi connectivity index (χ3v) is 1.82. The summed E-state index contributed by atoms with van der Waals surface area (Å²) in [5, 5.41) is 3.21. The standard InChI is InChI=1S/C11H22N2O/c1-9(2)8-13(5)11(14)6-7-12-10(3)4/h10,12H,1,6-8H2,2-5H3. The Balaban J connectivity index is 3.67. The van der Waals surface area contributed by atoms with Gasteiger partial charge in [-0.2, -0.15) is 0 Å².